The van der Waals surface area contributed by atoms with Crippen LogP contribution in [0.15, 0.2) is 60.7 Å². The van der Waals surface area contributed by atoms with Gasteiger partial charge < -0.3 is 15.3 Å². The maximum absolute atomic E-state index is 12.5. The van der Waals surface area contributed by atoms with Crippen LogP contribution in [0.3, 0.4) is 0 Å². The van der Waals surface area contributed by atoms with E-state index in [1.165, 1.54) is 6.42 Å². The Morgan fingerprint density at radius 2 is 1.36 bits per heavy atom. The molecule has 0 atom stereocenters. The maximum Gasteiger partial charge on any atom is 0.414 e. The summed E-state index contributed by atoms with van der Waals surface area (Å²) in [5.74, 6) is 5.25. The van der Waals surface area contributed by atoms with Crippen LogP contribution in [0, 0.1) is 11.8 Å². The average molecular weight is 530 g/mol. The van der Waals surface area contributed by atoms with E-state index in [0.29, 0.717) is 0 Å². The lowest BCUT2D eigenvalue weighted by Gasteiger charge is -2.49. The molecule has 0 saturated carbocycles. The summed E-state index contributed by atoms with van der Waals surface area (Å²) in [5.41, 5.74) is 0.870. The average Bonchev–Trinajstić information content (AvgIpc) is 2.92. The fourth-order valence-corrected chi connectivity index (χ4v) is 7.64. The molecule has 36 heavy (non-hydrogen) atoms. The van der Waals surface area contributed by atoms with Crippen molar-refractivity contribution in [1.82, 2.24) is 4.90 Å². The van der Waals surface area contributed by atoms with Gasteiger partial charge in [-0.2, -0.15) is 0 Å². The zero-order valence-electron chi connectivity index (χ0n) is 20.9. The van der Waals surface area contributed by atoms with Crippen molar-refractivity contribution in [2.24, 2.45) is 0 Å². The predicted octanol–water partition coefficient (Wildman–Crippen LogP) is 4.77. The zero-order chi connectivity index (χ0) is 26.4. The third-order valence-electron chi connectivity index (χ3n) is 5.98. The van der Waals surface area contributed by atoms with Gasteiger partial charge >= 0.3 is 11.9 Å². The van der Waals surface area contributed by atoms with Crippen molar-refractivity contribution >= 4 is 35.5 Å². The summed E-state index contributed by atoms with van der Waals surface area (Å²) in [7, 11) is 0. The van der Waals surface area contributed by atoms with Crippen molar-refractivity contribution in [2.45, 2.75) is 42.8 Å². The topological polar surface area (TPSA) is 98.1 Å². The highest BCUT2D eigenvalue weighted by atomic mass is 32.2. The lowest BCUT2D eigenvalue weighted by molar-refractivity contribution is -0.159. The summed E-state index contributed by atoms with van der Waals surface area (Å²) < 4.78 is -0.349. The van der Waals surface area contributed by atoms with Gasteiger partial charge in [0.2, 0.25) is 0 Å². The van der Waals surface area contributed by atoms with Crippen LogP contribution in [0.25, 0.3) is 0 Å². The molecule has 1 saturated heterocycles. The third kappa shape index (κ3) is 7.78. The van der Waals surface area contributed by atoms with Gasteiger partial charge in [0, 0.05) is 6.42 Å². The third-order valence-corrected chi connectivity index (χ3v) is 9.60. The molecule has 6 nitrogen and oxygen atoms in total. The Morgan fingerprint density at radius 3 is 1.78 bits per heavy atom. The largest absolute Gasteiger partial charge is 0.473 e. The number of carboxylic acids is 2. The van der Waals surface area contributed by atoms with Crippen molar-refractivity contribution in [3.63, 3.8) is 0 Å². The number of benzene rings is 2. The van der Waals surface area contributed by atoms with Crippen LogP contribution in [-0.4, -0.2) is 67.4 Å². The first-order valence-corrected chi connectivity index (χ1v) is 14.0. The maximum atomic E-state index is 12.5. The highest BCUT2D eigenvalue weighted by Gasteiger charge is 2.54. The van der Waals surface area contributed by atoms with E-state index in [2.05, 4.69) is 54.9 Å². The van der Waals surface area contributed by atoms with Crippen LogP contribution < -0.4 is 0 Å². The Bertz CT molecular complexity index is 959. The second-order valence-corrected chi connectivity index (χ2v) is 11.2. The fourth-order valence-electron chi connectivity index (χ4n) is 4.00. The van der Waals surface area contributed by atoms with Gasteiger partial charge in [-0.05, 0) is 48.6 Å². The van der Waals surface area contributed by atoms with Crippen molar-refractivity contribution in [2.75, 3.05) is 31.1 Å². The number of aliphatic carboxylic acids is 2. The molecule has 194 valence electrons. The molecule has 0 spiro atoms. The summed E-state index contributed by atoms with van der Waals surface area (Å²) in [6.07, 6.45) is 2.83. The first-order valence-electron chi connectivity index (χ1n) is 12.1. The minimum absolute atomic E-state index is 0.349. The Morgan fingerprint density at radius 1 is 0.889 bits per heavy atom. The lowest BCUT2D eigenvalue weighted by Crippen LogP contribution is -2.49. The molecule has 1 aliphatic rings. The molecule has 1 fully saturated rings. The first-order chi connectivity index (χ1) is 17.3. The molecule has 2 aromatic carbocycles. The molecule has 2 aromatic rings. The summed E-state index contributed by atoms with van der Waals surface area (Å²) in [6.45, 7) is 7.23. The van der Waals surface area contributed by atoms with Gasteiger partial charge in [-0.1, -0.05) is 80.4 Å². The Balaban J connectivity index is 0.000000678. The van der Waals surface area contributed by atoms with E-state index in [1.54, 1.807) is 0 Å². The van der Waals surface area contributed by atoms with E-state index in [0.717, 1.165) is 55.1 Å². The number of rotatable bonds is 8. The van der Waals surface area contributed by atoms with E-state index >= 15 is 0 Å². The highest BCUT2D eigenvalue weighted by molar-refractivity contribution is 8.18. The van der Waals surface area contributed by atoms with E-state index < -0.39 is 17.5 Å². The molecule has 3 N–H and O–H groups in total. The molecule has 0 amide bonds. The first kappa shape index (κ1) is 29.8. The van der Waals surface area contributed by atoms with Crippen LogP contribution in [0.1, 0.15) is 44.2 Å². The molecule has 0 radical (unpaired) electrons. The van der Waals surface area contributed by atoms with Crippen LogP contribution >= 0.6 is 23.5 Å². The van der Waals surface area contributed by atoms with Crippen molar-refractivity contribution in [1.29, 1.82) is 0 Å². The summed E-state index contributed by atoms with van der Waals surface area (Å²) in [5, 5.41) is 27.2. The quantitative estimate of drug-likeness (QED) is 0.332. The van der Waals surface area contributed by atoms with Crippen LogP contribution in [-0.2, 0) is 15.2 Å². The molecule has 0 bridgehead atoms. The Labute approximate surface area is 222 Å². The van der Waals surface area contributed by atoms with Gasteiger partial charge in [-0.15, -0.1) is 29.4 Å². The molecule has 1 aliphatic heterocycles. The molecule has 3 rings (SSSR count). The number of carbonyl (C=O) groups is 2. The van der Waals surface area contributed by atoms with Crippen LogP contribution in [0.5, 0.6) is 0 Å². The number of hydrogen-bond donors (Lipinski definition) is 3. The number of nitrogens with zero attached hydrogens (tertiary/aromatic N) is 1. The molecule has 8 heteroatoms. The fraction of sp³-hybridized carbons (Fsp3) is 0.429. The second kappa shape index (κ2) is 15.0. The minimum Gasteiger partial charge on any atom is -0.473 e. The molecule has 1 heterocycles. The van der Waals surface area contributed by atoms with Crippen molar-refractivity contribution in [3.8, 4) is 11.8 Å². The highest BCUT2D eigenvalue weighted by Crippen LogP contribution is 2.58. The van der Waals surface area contributed by atoms with E-state index in [-0.39, 0.29) is 4.08 Å². The molecule has 0 aliphatic carbocycles. The van der Waals surface area contributed by atoms with Gasteiger partial charge in [0.05, 0.1) is 10.6 Å². The van der Waals surface area contributed by atoms with Crippen LogP contribution in [0.2, 0.25) is 0 Å². The summed E-state index contributed by atoms with van der Waals surface area (Å²) in [4.78, 5) is 20.5. The Kier molecular flexibility index (Phi) is 12.4. The molecule has 0 aromatic heterocycles. The van der Waals surface area contributed by atoms with Gasteiger partial charge in [0.25, 0.3) is 0 Å². The second-order valence-electron chi connectivity index (χ2n) is 8.17. The zero-order valence-corrected chi connectivity index (χ0v) is 22.5. The number of aliphatic hydroxyl groups is 1. The Hall–Kier alpha value is -2.44. The van der Waals surface area contributed by atoms with E-state index in [1.807, 2.05) is 59.9 Å². The van der Waals surface area contributed by atoms with E-state index in [4.69, 9.17) is 19.8 Å². The normalized spacial score (nSPS) is 14.7. The summed E-state index contributed by atoms with van der Waals surface area (Å²) in [6, 6.07) is 20.4. The lowest BCUT2D eigenvalue weighted by atomic mass is 9.81. The standard InChI is InChI=1S/C26H33NOS2.C2H2O4/c1-3-27(4-2)20-13-7-12-19-25(29-21-14-22-30-25)26(28,23-15-8-5-9-16-23)24-17-10-6-11-18-24;3-1(4)2(5)6/h5-6,8-11,15-18,28H,3-4,12,14,19-22H2,1-2H3;(H,3,4)(H,5,6). The predicted molar refractivity (Wildman–Crippen MR) is 148 cm³/mol. The van der Waals surface area contributed by atoms with E-state index in [9.17, 15) is 5.11 Å². The number of thioether (sulfide) groups is 2. The molecular weight excluding hydrogens is 494 g/mol. The van der Waals surface area contributed by atoms with Gasteiger partial charge in [-0.3, -0.25) is 4.90 Å². The number of hydrogen-bond acceptors (Lipinski definition) is 6. The number of carboxylic acid groups (broad SMARTS) is 2. The molecular formula is C28H35NO5S2. The van der Waals surface area contributed by atoms with Gasteiger partial charge in [0.1, 0.15) is 5.60 Å². The minimum atomic E-state index is -1.82. The van der Waals surface area contributed by atoms with Crippen molar-refractivity contribution < 1.29 is 24.9 Å². The monoisotopic (exact) mass is 529 g/mol. The smallest absolute Gasteiger partial charge is 0.414 e. The molecule has 0 unspecified atom stereocenters. The van der Waals surface area contributed by atoms with Gasteiger partial charge in [0.15, 0.2) is 0 Å². The van der Waals surface area contributed by atoms with Crippen molar-refractivity contribution in [3.05, 3.63) is 71.8 Å². The van der Waals surface area contributed by atoms with Crippen LogP contribution in [0.4, 0.5) is 0 Å². The van der Waals surface area contributed by atoms with Gasteiger partial charge in [-0.25, -0.2) is 9.59 Å². The summed E-state index contributed by atoms with van der Waals surface area (Å²) >= 11 is 3.83. The SMILES string of the molecule is CCN(CC)CC#CCCC1(C(O)(c2ccccc2)c2ccccc2)SCCCS1.O=C(O)C(=O)O.